The molecule has 0 aromatic rings. The Morgan fingerprint density at radius 3 is 2.44 bits per heavy atom. The van der Waals surface area contributed by atoms with Gasteiger partial charge in [-0.15, -0.1) is 0 Å². The highest BCUT2D eigenvalue weighted by molar-refractivity contribution is 7.52. The molecule has 0 N–H and O–H groups in total. The summed E-state index contributed by atoms with van der Waals surface area (Å²) in [5.41, 5.74) is 0. The fraction of sp³-hybridized carbons (Fsp3) is 0.857. The Bertz CT molecular complexity index is 50.9. The second-order valence-electron chi connectivity index (χ2n) is 1.79. The van der Waals surface area contributed by atoms with Crippen LogP contribution in [0.3, 0.4) is 0 Å². The molecule has 0 saturated carbocycles. The van der Waals surface area contributed by atoms with Crippen molar-refractivity contribution in [2.24, 2.45) is 0 Å². The average molecular weight is 147 g/mol. The monoisotopic (exact) mass is 147 g/mol. The highest BCUT2D eigenvalue weighted by Crippen LogP contribution is 2.36. The second kappa shape index (κ2) is 6.51. The van der Waals surface area contributed by atoms with E-state index in [0.29, 0.717) is 0 Å². The maximum atomic E-state index is 5.46. The number of hydrogen-bond donors (Lipinski definition) is 0. The summed E-state index contributed by atoms with van der Waals surface area (Å²) in [6.07, 6.45) is 3.36. The van der Waals surface area contributed by atoms with Crippen LogP contribution in [-0.2, 0) is 4.52 Å². The first-order valence-electron chi connectivity index (χ1n) is 3.52. The molecule has 0 aliphatic heterocycles. The maximum absolute atomic E-state index is 5.46. The van der Waals surface area contributed by atoms with Crippen LogP contribution in [0.4, 0.5) is 0 Å². The van der Waals surface area contributed by atoms with Crippen molar-refractivity contribution in [2.45, 2.75) is 20.3 Å². The van der Waals surface area contributed by atoms with E-state index in [2.05, 4.69) is 13.8 Å². The van der Waals surface area contributed by atoms with Gasteiger partial charge in [-0.25, -0.2) is 0 Å². The van der Waals surface area contributed by atoms with Gasteiger partial charge in [0.15, 0.2) is 0 Å². The van der Waals surface area contributed by atoms with E-state index in [0.717, 1.165) is 13.0 Å². The Hall–Kier alpha value is 0.390. The minimum Gasteiger partial charge on any atom is -0.360 e. The van der Waals surface area contributed by atoms with Crippen LogP contribution in [0.5, 0.6) is 0 Å². The zero-order valence-electron chi connectivity index (χ0n) is 6.39. The average Bonchev–Trinajstić information content (AvgIpc) is 1.88. The second-order valence-corrected chi connectivity index (χ2v) is 4.09. The van der Waals surface area contributed by atoms with Crippen molar-refractivity contribution in [2.75, 3.05) is 18.9 Å². The first kappa shape index (κ1) is 9.39. The molecule has 0 saturated heterocycles. The Morgan fingerprint density at radius 1 is 1.44 bits per heavy atom. The predicted octanol–water partition coefficient (Wildman–Crippen LogP) is 2.66. The van der Waals surface area contributed by atoms with E-state index in [1.165, 1.54) is 12.3 Å². The van der Waals surface area contributed by atoms with Crippen LogP contribution < -0.4 is 0 Å². The minimum atomic E-state index is -0.121. The van der Waals surface area contributed by atoms with Crippen LogP contribution in [0.25, 0.3) is 0 Å². The van der Waals surface area contributed by atoms with Gasteiger partial charge in [0.2, 0.25) is 0 Å². The molecule has 0 aromatic heterocycles. The van der Waals surface area contributed by atoms with Gasteiger partial charge in [-0.05, 0) is 25.7 Å². The summed E-state index contributed by atoms with van der Waals surface area (Å²) in [6.45, 7) is 8.88. The topological polar surface area (TPSA) is 9.23 Å². The molecule has 55 valence electrons. The van der Waals surface area contributed by atoms with Crippen LogP contribution in [0.2, 0.25) is 0 Å². The molecule has 1 atom stereocenters. The standard InChI is InChI=1S/C7H16OP/c1-4-7-9(6-3)8-5-2/h1,4-7H2,2-3H3. The highest BCUT2D eigenvalue weighted by atomic mass is 31.1. The van der Waals surface area contributed by atoms with Crippen molar-refractivity contribution in [3.05, 3.63) is 6.92 Å². The van der Waals surface area contributed by atoms with Crippen LogP contribution in [-0.4, -0.2) is 18.9 Å². The molecule has 0 rings (SSSR count). The predicted molar refractivity (Wildman–Crippen MR) is 43.9 cm³/mol. The molecule has 0 amide bonds. The lowest BCUT2D eigenvalue weighted by molar-refractivity contribution is 0.378. The van der Waals surface area contributed by atoms with Crippen molar-refractivity contribution in [1.29, 1.82) is 0 Å². The lowest BCUT2D eigenvalue weighted by Gasteiger charge is -2.12. The Labute approximate surface area is 59.6 Å². The molecule has 9 heavy (non-hydrogen) atoms. The van der Waals surface area contributed by atoms with E-state index in [1.807, 2.05) is 6.92 Å². The third-order valence-corrected chi connectivity index (χ3v) is 3.22. The number of rotatable bonds is 5. The molecular weight excluding hydrogens is 131 g/mol. The maximum Gasteiger partial charge on any atom is 0.0480 e. The lowest BCUT2D eigenvalue weighted by atomic mass is 10.6. The summed E-state index contributed by atoms with van der Waals surface area (Å²) < 4.78 is 5.46. The zero-order chi connectivity index (χ0) is 7.11. The summed E-state index contributed by atoms with van der Waals surface area (Å²) in [5, 5.41) is 0. The van der Waals surface area contributed by atoms with E-state index in [4.69, 9.17) is 4.52 Å². The fourth-order valence-corrected chi connectivity index (χ4v) is 2.02. The summed E-state index contributed by atoms with van der Waals surface area (Å²) >= 11 is 0. The van der Waals surface area contributed by atoms with Gasteiger partial charge >= 0.3 is 0 Å². The quantitative estimate of drug-likeness (QED) is 0.543. The van der Waals surface area contributed by atoms with E-state index in [-0.39, 0.29) is 8.15 Å². The van der Waals surface area contributed by atoms with E-state index >= 15 is 0 Å². The lowest BCUT2D eigenvalue weighted by Crippen LogP contribution is -1.90. The minimum absolute atomic E-state index is 0.121. The molecular formula is C7H16OP. The fourth-order valence-electron chi connectivity index (χ4n) is 0.673. The third kappa shape index (κ3) is 4.87. The molecule has 0 spiro atoms. The normalized spacial score (nSPS) is 13.7. The Kier molecular flexibility index (Phi) is 6.79. The summed E-state index contributed by atoms with van der Waals surface area (Å²) in [4.78, 5) is 0. The van der Waals surface area contributed by atoms with E-state index in [1.54, 1.807) is 0 Å². The molecule has 0 aromatic carbocycles. The van der Waals surface area contributed by atoms with Crippen molar-refractivity contribution in [3.8, 4) is 0 Å². The molecule has 0 aliphatic rings. The van der Waals surface area contributed by atoms with Crippen LogP contribution >= 0.6 is 8.15 Å². The Balaban J connectivity index is 3.18. The molecule has 1 radical (unpaired) electrons. The van der Waals surface area contributed by atoms with Crippen LogP contribution in [0, 0.1) is 6.92 Å². The van der Waals surface area contributed by atoms with Crippen molar-refractivity contribution < 1.29 is 4.52 Å². The third-order valence-electron chi connectivity index (χ3n) is 1.07. The van der Waals surface area contributed by atoms with Crippen LogP contribution in [0.15, 0.2) is 0 Å². The van der Waals surface area contributed by atoms with Gasteiger partial charge in [0, 0.05) is 14.8 Å². The van der Waals surface area contributed by atoms with Crippen molar-refractivity contribution in [1.82, 2.24) is 0 Å². The van der Waals surface area contributed by atoms with Gasteiger partial charge in [0.05, 0.1) is 0 Å². The van der Waals surface area contributed by atoms with Gasteiger partial charge in [-0.3, -0.25) is 0 Å². The molecule has 0 heterocycles. The Morgan fingerprint density at radius 2 is 2.11 bits per heavy atom. The van der Waals surface area contributed by atoms with Gasteiger partial charge in [-0.2, -0.15) is 0 Å². The van der Waals surface area contributed by atoms with Gasteiger partial charge in [0.1, 0.15) is 0 Å². The smallest absolute Gasteiger partial charge is 0.0480 e. The molecule has 2 heteroatoms. The van der Waals surface area contributed by atoms with Crippen LogP contribution in [0.1, 0.15) is 20.3 Å². The first-order valence-corrected chi connectivity index (χ1v) is 5.15. The summed E-state index contributed by atoms with van der Waals surface area (Å²) in [5.74, 6) is 0. The number of hydrogen-bond acceptors (Lipinski definition) is 1. The van der Waals surface area contributed by atoms with Gasteiger partial charge in [0.25, 0.3) is 0 Å². The molecule has 0 fully saturated rings. The van der Waals surface area contributed by atoms with E-state index < -0.39 is 0 Å². The highest BCUT2D eigenvalue weighted by Gasteiger charge is 2.01. The van der Waals surface area contributed by atoms with Crippen molar-refractivity contribution in [3.63, 3.8) is 0 Å². The van der Waals surface area contributed by atoms with Gasteiger partial charge < -0.3 is 4.52 Å². The first-order chi connectivity index (χ1) is 4.35. The summed E-state index contributed by atoms with van der Waals surface area (Å²) in [6, 6.07) is 0. The zero-order valence-corrected chi connectivity index (χ0v) is 7.29. The van der Waals surface area contributed by atoms with E-state index in [9.17, 15) is 0 Å². The molecule has 0 aliphatic carbocycles. The molecule has 0 bridgehead atoms. The SMILES string of the molecule is [CH2]CCP(CC)OCC. The molecule has 1 unspecified atom stereocenters. The molecule has 1 nitrogen and oxygen atoms in total. The van der Waals surface area contributed by atoms with Gasteiger partial charge in [-0.1, -0.05) is 13.8 Å². The largest absolute Gasteiger partial charge is 0.360 e. The summed E-state index contributed by atoms with van der Waals surface area (Å²) in [7, 11) is -0.121. The van der Waals surface area contributed by atoms with Crippen molar-refractivity contribution >= 4 is 8.15 Å².